The predicted octanol–water partition coefficient (Wildman–Crippen LogP) is 5.19. The van der Waals surface area contributed by atoms with E-state index in [4.69, 9.17) is 19.2 Å². The van der Waals surface area contributed by atoms with Crippen LogP contribution in [0.5, 0.6) is 11.6 Å². The minimum absolute atomic E-state index is 0.0890. The molecule has 2 aliphatic rings. The van der Waals surface area contributed by atoms with Crippen LogP contribution in [0.4, 0.5) is 14.7 Å². The lowest BCUT2D eigenvalue weighted by molar-refractivity contribution is -0.136. The molecule has 232 valence electrons. The summed E-state index contributed by atoms with van der Waals surface area (Å²) >= 11 is 0. The van der Waals surface area contributed by atoms with Crippen molar-refractivity contribution in [3.8, 4) is 17.4 Å². The van der Waals surface area contributed by atoms with Crippen LogP contribution in [0.2, 0.25) is 0 Å². The smallest absolute Gasteiger partial charge is 0.296 e. The number of para-hydroxylation sites is 2. The molecular weight excluding hydrogens is 570 g/mol. The molecule has 1 aliphatic heterocycles. The monoisotopic (exact) mass is 606 g/mol. The fourth-order valence-corrected chi connectivity index (χ4v) is 5.91. The Morgan fingerprint density at radius 3 is 2.45 bits per heavy atom. The summed E-state index contributed by atoms with van der Waals surface area (Å²) in [7, 11) is 3.46. The van der Waals surface area contributed by atoms with Crippen molar-refractivity contribution in [2.45, 2.75) is 44.8 Å². The number of carbonyl (C=O) groups is 1. The van der Waals surface area contributed by atoms with Crippen molar-refractivity contribution < 1.29 is 27.8 Å². The first-order chi connectivity index (χ1) is 21.4. The summed E-state index contributed by atoms with van der Waals surface area (Å²) in [5.74, 6) is 1.38. The molecule has 1 saturated heterocycles. The number of hydrogen-bond acceptors (Lipinski definition) is 8. The van der Waals surface area contributed by atoms with Gasteiger partial charge in [0.15, 0.2) is 5.82 Å². The molecule has 0 radical (unpaired) electrons. The van der Waals surface area contributed by atoms with Crippen molar-refractivity contribution in [2.75, 3.05) is 45.4 Å². The van der Waals surface area contributed by atoms with Gasteiger partial charge in [-0.25, -0.2) is 13.8 Å². The zero-order valence-electron chi connectivity index (χ0n) is 24.9. The fraction of sp³-hybridized carbons (Fsp3) is 0.438. The van der Waals surface area contributed by atoms with Gasteiger partial charge in [-0.1, -0.05) is 24.3 Å². The Kier molecular flexibility index (Phi) is 8.87. The Bertz CT molecular complexity index is 1580. The van der Waals surface area contributed by atoms with Gasteiger partial charge < -0.3 is 24.0 Å². The second-order valence-corrected chi connectivity index (χ2v) is 11.2. The highest BCUT2D eigenvalue weighted by Crippen LogP contribution is 2.32. The zero-order valence-corrected chi connectivity index (χ0v) is 24.9. The summed E-state index contributed by atoms with van der Waals surface area (Å²) < 4.78 is 46.8. The van der Waals surface area contributed by atoms with E-state index in [2.05, 4.69) is 9.97 Å². The van der Waals surface area contributed by atoms with Crippen LogP contribution < -0.4 is 14.4 Å². The van der Waals surface area contributed by atoms with Crippen molar-refractivity contribution >= 4 is 22.9 Å². The van der Waals surface area contributed by atoms with Gasteiger partial charge in [-0.05, 0) is 55.5 Å². The maximum atomic E-state index is 14.2. The number of ether oxygens (including phenoxy) is 3. The first kappa shape index (κ1) is 29.7. The molecule has 12 heteroatoms. The van der Waals surface area contributed by atoms with Crippen LogP contribution in [0.25, 0.3) is 16.9 Å². The summed E-state index contributed by atoms with van der Waals surface area (Å²) in [5.41, 5.74) is 2.02. The molecule has 4 aromatic rings. The normalized spacial score (nSPS) is 18.9. The Hall–Kier alpha value is -4.32. The number of alkyl halides is 2. The van der Waals surface area contributed by atoms with Crippen LogP contribution in [-0.4, -0.2) is 76.9 Å². The summed E-state index contributed by atoms with van der Waals surface area (Å²) in [4.78, 5) is 30.5. The first-order valence-electron chi connectivity index (χ1n) is 14.9. The van der Waals surface area contributed by atoms with Gasteiger partial charge in [0.1, 0.15) is 17.7 Å². The number of halogens is 2. The average molecular weight is 607 g/mol. The Morgan fingerprint density at radius 1 is 1.02 bits per heavy atom. The van der Waals surface area contributed by atoms with E-state index >= 15 is 0 Å². The molecule has 2 aromatic heterocycles. The molecule has 0 unspecified atom stereocenters. The van der Waals surface area contributed by atoms with Gasteiger partial charge in [-0.3, -0.25) is 9.36 Å². The molecule has 1 saturated carbocycles. The highest BCUT2D eigenvalue weighted by molar-refractivity contribution is 5.79. The number of rotatable bonds is 9. The minimum Gasteiger partial charge on any atom is -0.497 e. The number of aromatic nitrogens is 4. The molecule has 2 fully saturated rings. The molecule has 0 bridgehead atoms. The minimum atomic E-state index is -2.80. The SMILES string of the molecule is COc1ccc(CN(C)C(=O)C2CCC(Oc3cc(-n4c(C(F)F)nc5ccccc54)nc(N4CCOCC4)n3)CC2)cc1. The summed E-state index contributed by atoms with van der Waals surface area (Å²) in [6, 6.07) is 16.3. The van der Waals surface area contributed by atoms with E-state index in [0.29, 0.717) is 81.4 Å². The lowest BCUT2D eigenvalue weighted by Gasteiger charge is -2.31. The van der Waals surface area contributed by atoms with Crippen molar-refractivity contribution in [2.24, 2.45) is 5.92 Å². The van der Waals surface area contributed by atoms with Crippen molar-refractivity contribution in [3.05, 3.63) is 66.0 Å². The van der Waals surface area contributed by atoms with Gasteiger partial charge in [-0.2, -0.15) is 9.97 Å². The number of hydrogen-bond donors (Lipinski definition) is 0. The Balaban J connectivity index is 1.18. The molecule has 10 nitrogen and oxygen atoms in total. The molecule has 0 atom stereocenters. The number of carbonyl (C=O) groups excluding carboxylic acids is 1. The van der Waals surface area contributed by atoms with Crippen LogP contribution in [0.1, 0.15) is 43.5 Å². The largest absolute Gasteiger partial charge is 0.497 e. The summed E-state index contributed by atoms with van der Waals surface area (Å²) in [6.07, 6.45) is -0.242. The third-order valence-electron chi connectivity index (χ3n) is 8.25. The molecule has 44 heavy (non-hydrogen) atoms. The molecule has 0 N–H and O–H groups in total. The van der Waals surface area contributed by atoms with Crippen LogP contribution in [0.3, 0.4) is 0 Å². The zero-order chi connectivity index (χ0) is 30.6. The number of nitrogens with zero attached hydrogens (tertiary/aromatic N) is 6. The highest BCUT2D eigenvalue weighted by atomic mass is 19.3. The number of imidazole rings is 1. The van der Waals surface area contributed by atoms with Crippen LogP contribution in [0, 0.1) is 5.92 Å². The van der Waals surface area contributed by atoms with E-state index in [1.807, 2.05) is 36.2 Å². The standard InChI is InChI=1S/C32H36F2N6O4/c1-38(20-21-7-11-23(42-2)12-8-21)31(41)22-9-13-24(14-10-22)44-28-19-27(36-32(37-28)39-15-17-43-18-16-39)40-26-6-4-3-5-25(26)35-30(40)29(33)34/h3-8,11-12,19,22,24,29H,9-10,13-18,20H2,1-2H3. The predicted molar refractivity (Wildman–Crippen MR) is 160 cm³/mol. The average Bonchev–Trinajstić information content (AvgIpc) is 3.46. The molecule has 3 heterocycles. The van der Waals surface area contributed by atoms with Gasteiger partial charge in [0.2, 0.25) is 17.7 Å². The molecule has 1 aliphatic carbocycles. The molecule has 2 aromatic carbocycles. The van der Waals surface area contributed by atoms with Crippen LogP contribution >= 0.6 is 0 Å². The quantitative estimate of drug-likeness (QED) is 0.257. The molecule has 1 amide bonds. The summed E-state index contributed by atoms with van der Waals surface area (Å²) in [5, 5.41) is 0. The Morgan fingerprint density at radius 2 is 1.75 bits per heavy atom. The van der Waals surface area contributed by atoms with Crippen LogP contribution in [0.15, 0.2) is 54.6 Å². The number of methoxy groups -OCH3 is 1. The topological polar surface area (TPSA) is 94.8 Å². The Labute approximate surface area is 254 Å². The van der Waals surface area contributed by atoms with E-state index in [-0.39, 0.29) is 29.6 Å². The lowest BCUT2D eigenvalue weighted by Crippen LogP contribution is -2.38. The third-order valence-corrected chi connectivity index (χ3v) is 8.25. The first-order valence-corrected chi connectivity index (χ1v) is 14.9. The number of benzene rings is 2. The highest BCUT2D eigenvalue weighted by Gasteiger charge is 2.30. The lowest BCUT2D eigenvalue weighted by atomic mass is 9.86. The maximum absolute atomic E-state index is 14.2. The van der Waals surface area contributed by atoms with E-state index < -0.39 is 6.43 Å². The van der Waals surface area contributed by atoms with Crippen molar-refractivity contribution in [3.63, 3.8) is 0 Å². The van der Waals surface area contributed by atoms with E-state index in [9.17, 15) is 13.6 Å². The number of anilines is 1. The van der Waals surface area contributed by atoms with Gasteiger partial charge in [0, 0.05) is 38.7 Å². The van der Waals surface area contributed by atoms with Crippen molar-refractivity contribution in [1.82, 2.24) is 24.4 Å². The van der Waals surface area contributed by atoms with Crippen molar-refractivity contribution in [1.29, 1.82) is 0 Å². The fourth-order valence-electron chi connectivity index (χ4n) is 5.91. The second-order valence-electron chi connectivity index (χ2n) is 11.2. The van der Waals surface area contributed by atoms with E-state index in [0.717, 1.165) is 11.3 Å². The number of morpholine rings is 1. The third kappa shape index (κ3) is 6.45. The number of fused-ring (bicyclic) bond motifs is 1. The van der Waals surface area contributed by atoms with Gasteiger partial charge in [-0.15, -0.1) is 0 Å². The molecule has 6 rings (SSSR count). The van der Waals surface area contributed by atoms with Crippen LogP contribution in [-0.2, 0) is 16.1 Å². The van der Waals surface area contributed by atoms with Gasteiger partial charge >= 0.3 is 0 Å². The summed E-state index contributed by atoms with van der Waals surface area (Å²) in [6.45, 7) is 2.71. The second kappa shape index (κ2) is 13.1. The van der Waals surface area contributed by atoms with Gasteiger partial charge in [0.05, 0.1) is 31.4 Å². The van der Waals surface area contributed by atoms with E-state index in [1.54, 1.807) is 42.3 Å². The number of amides is 1. The molecule has 0 spiro atoms. The van der Waals surface area contributed by atoms with Gasteiger partial charge in [0.25, 0.3) is 6.43 Å². The molecular formula is C32H36F2N6O4. The van der Waals surface area contributed by atoms with E-state index in [1.165, 1.54) is 4.57 Å². The maximum Gasteiger partial charge on any atom is 0.296 e.